The summed E-state index contributed by atoms with van der Waals surface area (Å²) in [5, 5.41) is 0. The lowest BCUT2D eigenvalue weighted by atomic mass is 9.94. The van der Waals surface area contributed by atoms with Crippen molar-refractivity contribution >= 4 is 0 Å². The van der Waals surface area contributed by atoms with Crippen LogP contribution in [-0.2, 0) is 19.6 Å². The summed E-state index contributed by atoms with van der Waals surface area (Å²) in [6, 6.07) is 0. The van der Waals surface area contributed by atoms with Gasteiger partial charge in [-0.2, -0.15) is 9.78 Å². The Balaban J connectivity index is 2.27. The second-order valence-corrected chi connectivity index (χ2v) is 4.99. The second-order valence-electron chi connectivity index (χ2n) is 4.99. The van der Waals surface area contributed by atoms with Gasteiger partial charge in [0.15, 0.2) is 0 Å². The first kappa shape index (κ1) is 15.9. The number of hydrogen-bond donors (Lipinski definition) is 0. The summed E-state index contributed by atoms with van der Waals surface area (Å²) in [5.74, 6) is -0.667. The minimum atomic E-state index is -0.667. The van der Waals surface area contributed by atoms with Crippen molar-refractivity contribution < 1.29 is 19.6 Å². The Morgan fingerprint density at radius 3 is 1.72 bits per heavy atom. The summed E-state index contributed by atoms with van der Waals surface area (Å²) in [6.07, 6.45) is 9.37. The van der Waals surface area contributed by atoms with Crippen LogP contribution >= 0.6 is 0 Å². The van der Waals surface area contributed by atoms with Crippen LogP contribution in [0.15, 0.2) is 0 Å². The smallest absolute Gasteiger partial charge is 0.233 e. The van der Waals surface area contributed by atoms with Gasteiger partial charge in [0.25, 0.3) is 0 Å². The summed E-state index contributed by atoms with van der Waals surface area (Å²) < 4.78 is 0. The molecule has 0 aromatic rings. The Kier molecular flexibility index (Phi) is 8.59. The van der Waals surface area contributed by atoms with Gasteiger partial charge in [0.2, 0.25) is 5.79 Å². The van der Waals surface area contributed by atoms with Crippen molar-refractivity contribution in [3.63, 3.8) is 0 Å². The Labute approximate surface area is 111 Å². The molecule has 0 aliphatic heterocycles. The van der Waals surface area contributed by atoms with E-state index < -0.39 is 5.79 Å². The fourth-order valence-corrected chi connectivity index (χ4v) is 1.98. The van der Waals surface area contributed by atoms with Gasteiger partial charge in [0.1, 0.15) is 0 Å². The number of rotatable bonds is 10. The molecule has 1 saturated carbocycles. The van der Waals surface area contributed by atoms with Crippen molar-refractivity contribution in [2.45, 2.75) is 77.4 Å². The maximum absolute atomic E-state index is 5.51. The summed E-state index contributed by atoms with van der Waals surface area (Å²) >= 11 is 0. The summed E-state index contributed by atoms with van der Waals surface area (Å²) in [6.45, 7) is 5.50. The van der Waals surface area contributed by atoms with Crippen molar-refractivity contribution in [3.05, 3.63) is 0 Å². The van der Waals surface area contributed by atoms with Crippen LogP contribution < -0.4 is 0 Å². The molecule has 1 aliphatic carbocycles. The highest BCUT2D eigenvalue weighted by atomic mass is 17.3. The van der Waals surface area contributed by atoms with Gasteiger partial charge in [-0.05, 0) is 25.7 Å². The predicted molar refractivity (Wildman–Crippen MR) is 69.7 cm³/mol. The zero-order valence-corrected chi connectivity index (χ0v) is 11.9. The van der Waals surface area contributed by atoms with Crippen molar-refractivity contribution in [3.8, 4) is 0 Å². The van der Waals surface area contributed by atoms with Gasteiger partial charge in [0, 0.05) is 12.8 Å². The van der Waals surface area contributed by atoms with Crippen LogP contribution in [0.2, 0.25) is 0 Å². The van der Waals surface area contributed by atoms with Gasteiger partial charge >= 0.3 is 0 Å². The molecule has 4 heteroatoms. The largest absolute Gasteiger partial charge is 0.234 e. The fourth-order valence-electron chi connectivity index (χ4n) is 1.98. The average Bonchev–Trinajstić information content (AvgIpc) is 2.41. The first-order valence-corrected chi connectivity index (χ1v) is 7.44. The standard InChI is InChI=1S/C14H28O4/c1-3-5-12-15-17-14(10-8-7-9-11-14)18-16-13-6-4-2/h3-13H2,1-2H3. The topological polar surface area (TPSA) is 36.9 Å². The van der Waals surface area contributed by atoms with E-state index in [4.69, 9.17) is 19.6 Å². The molecule has 0 aromatic carbocycles. The van der Waals surface area contributed by atoms with E-state index in [0.29, 0.717) is 13.2 Å². The molecule has 0 atom stereocenters. The molecule has 108 valence electrons. The Bertz CT molecular complexity index is 176. The molecule has 4 nitrogen and oxygen atoms in total. The van der Waals surface area contributed by atoms with Gasteiger partial charge in [-0.3, -0.25) is 0 Å². The van der Waals surface area contributed by atoms with E-state index >= 15 is 0 Å². The van der Waals surface area contributed by atoms with Crippen molar-refractivity contribution in [2.75, 3.05) is 13.2 Å². The van der Waals surface area contributed by atoms with Crippen molar-refractivity contribution in [1.82, 2.24) is 0 Å². The quantitative estimate of drug-likeness (QED) is 0.256. The summed E-state index contributed by atoms with van der Waals surface area (Å²) in [4.78, 5) is 21.5. The van der Waals surface area contributed by atoms with Gasteiger partial charge < -0.3 is 0 Å². The third-order valence-corrected chi connectivity index (χ3v) is 3.20. The maximum atomic E-state index is 5.51. The third kappa shape index (κ3) is 6.14. The minimum Gasteiger partial charge on any atom is -0.234 e. The first-order chi connectivity index (χ1) is 8.83. The molecule has 0 radical (unpaired) electrons. The highest BCUT2D eigenvalue weighted by Gasteiger charge is 2.37. The molecule has 0 unspecified atom stereocenters. The lowest BCUT2D eigenvalue weighted by molar-refractivity contribution is -0.517. The summed E-state index contributed by atoms with van der Waals surface area (Å²) in [7, 11) is 0. The highest BCUT2D eigenvalue weighted by molar-refractivity contribution is 4.72. The van der Waals surface area contributed by atoms with Crippen LogP contribution in [0.4, 0.5) is 0 Å². The number of unbranched alkanes of at least 4 members (excludes halogenated alkanes) is 2. The van der Waals surface area contributed by atoms with Crippen molar-refractivity contribution in [2.24, 2.45) is 0 Å². The molecule has 0 saturated heterocycles. The Hall–Kier alpha value is -0.160. The molecule has 1 aliphatic rings. The van der Waals surface area contributed by atoms with E-state index in [1.165, 1.54) is 6.42 Å². The highest BCUT2D eigenvalue weighted by Crippen LogP contribution is 2.33. The fraction of sp³-hybridized carbons (Fsp3) is 1.00. The SMILES string of the molecule is CCCCOOC1(OOCCCC)CCCCC1. The molecule has 0 bridgehead atoms. The van der Waals surface area contributed by atoms with Gasteiger partial charge in [-0.25, -0.2) is 9.78 Å². The van der Waals surface area contributed by atoms with Crippen LogP contribution in [-0.4, -0.2) is 19.0 Å². The molecular formula is C14H28O4. The predicted octanol–water partition coefficient (Wildman–Crippen LogP) is 4.14. The Morgan fingerprint density at radius 2 is 1.28 bits per heavy atom. The van der Waals surface area contributed by atoms with E-state index in [1.807, 2.05) is 0 Å². The molecule has 1 rings (SSSR count). The van der Waals surface area contributed by atoms with Gasteiger partial charge in [0.05, 0.1) is 13.2 Å². The zero-order chi connectivity index (χ0) is 13.1. The van der Waals surface area contributed by atoms with Crippen LogP contribution in [0.25, 0.3) is 0 Å². The average molecular weight is 260 g/mol. The lowest BCUT2D eigenvalue weighted by Gasteiger charge is -2.33. The molecular weight excluding hydrogens is 232 g/mol. The van der Waals surface area contributed by atoms with Crippen LogP contribution in [0.5, 0.6) is 0 Å². The minimum absolute atomic E-state index is 0.622. The normalized spacial score (nSPS) is 19.0. The molecule has 0 N–H and O–H groups in total. The van der Waals surface area contributed by atoms with Crippen LogP contribution in [0, 0.1) is 0 Å². The third-order valence-electron chi connectivity index (χ3n) is 3.20. The molecule has 0 amide bonds. The molecule has 0 aromatic heterocycles. The van der Waals surface area contributed by atoms with Gasteiger partial charge in [-0.15, -0.1) is 0 Å². The van der Waals surface area contributed by atoms with E-state index in [1.54, 1.807) is 0 Å². The monoisotopic (exact) mass is 260 g/mol. The molecule has 1 fully saturated rings. The molecule has 18 heavy (non-hydrogen) atoms. The molecule has 0 spiro atoms. The van der Waals surface area contributed by atoms with Crippen LogP contribution in [0.3, 0.4) is 0 Å². The second kappa shape index (κ2) is 9.73. The number of hydrogen-bond acceptors (Lipinski definition) is 4. The van der Waals surface area contributed by atoms with Gasteiger partial charge in [-0.1, -0.05) is 33.1 Å². The molecule has 0 heterocycles. The van der Waals surface area contributed by atoms with E-state index in [2.05, 4.69) is 13.8 Å². The Morgan fingerprint density at radius 1 is 0.778 bits per heavy atom. The van der Waals surface area contributed by atoms with E-state index in [0.717, 1.165) is 51.4 Å². The summed E-state index contributed by atoms with van der Waals surface area (Å²) in [5.41, 5.74) is 0. The van der Waals surface area contributed by atoms with Crippen molar-refractivity contribution in [1.29, 1.82) is 0 Å². The van der Waals surface area contributed by atoms with E-state index in [-0.39, 0.29) is 0 Å². The van der Waals surface area contributed by atoms with E-state index in [9.17, 15) is 0 Å². The first-order valence-electron chi connectivity index (χ1n) is 7.44. The lowest BCUT2D eigenvalue weighted by Crippen LogP contribution is -2.38. The zero-order valence-electron chi connectivity index (χ0n) is 11.9. The maximum Gasteiger partial charge on any atom is 0.233 e. The van der Waals surface area contributed by atoms with Crippen LogP contribution in [0.1, 0.15) is 71.6 Å².